The molecule has 0 aliphatic heterocycles. The summed E-state index contributed by atoms with van der Waals surface area (Å²) in [5.41, 5.74) is 1.96. The third-order valence-electron chi connectivity index (χ3n) is 5.70. The molecule has 2 saturated carbocycles. The Hall–Kier alpha value is -3.02. The number of pyridine rings is 2. The summed E-state index contributed by atoms with van der Waals surface area (Å²) in [5, 5.41) is 6.85. The van der Waals surface area contributed by atoms with Crippen molar-refractivity contribution in [2.24, 2.45) is 11.8 Å². The van der Waals surface area contributed by atoms with Crippen LogP contribution < -0.4 is 10.6 Å². The molecule has 2 fully saturated rings. The zero-order valence-electron chi connectivity index (χ0n) is 15.0. The Labute approximate surface area is 158 Å². The number of rotatable bonds is 5. The minimum atomic E-state index is 0.573. The summed E-state index contributed by atoms with van der Waals surface area (Å²) in [6, 6.07) is 10.6. The standard InChI is InChI=1S/C21H22N6/c1-2-17(25-19(3-1)27-21-13-22-8-9-24-21)16-6-7-23-20(12-16)26-18-11-14-4-5-15(18)10-14/h1-3,6-9,12-15,18H,4-5,10-11H2,(H,23,26)(H,24,25,27)/t14-,15+,18+/m1/s1. The van der Waals surface area contributed by atoms with E-state index in [1.54, 1.807) is 18.6 Å². The van der Waals surface area contributed by atoms with Crippen molar-refractivity contribution < 1.29 is 0 Å². The van der Waals surface area contributed by atoms with Gasteiger partial charge < -0.3 is 10.6 Å². The summed E-state index contributed by atoms with van der Waals surface area (Å²) in [4.78, 5) is 17.5. The number of fused-ring (bicyclic) bond motifs is 2. The maximum absolute atomic E-state index is 4.71. The maximum Gasteiger partial charge on any atom is 0.150 e. The van der Waals surface area contributed by atoms with Gasteiger partial charge in [0.15, 0.2) is 0 Å². The summed E-state index contributed by atoms with van der Waals surface area (Å²) in [6.07, 6.45) is 12.3. The molecule has 3 aromatic rings. The molecule has 2 N–H and O–H groups in total. The lowest BCUT2D eigenvalue weighted by molar-refractivity contribution is 0.439. The largest absolute Gasteiger partial charge is 0.367 e. The molecule has 2 aliphatic carbocycles. The van der Waals surface area contributed by atoms with Gasteiger partial charge in [0.2, 0.25) is 0 Å². The van der Waals surface area contributed by atoms with E-state index in [-0.39, 0.29) is 0 Å². The van der Waals surface area contributed by atoms with Crippen molar-refractivity contribution in [2.45, 2.75) is 31.7 Å². The van der Waals surface area contributed by atoms with E-state index < -0.39 is 0 Å². The van der Waals surface area contributed by atoms with Gasteiger partial charge in [-0.15, -0.1) is 0 Å². The molecule has 6 nitrogen and oxygen atoms in total. The summed E-state index contributed by atoms with van der Waals surface area (Å²) < 4.78 is 0. The van der Waals surface area contributed by atoms with Crippen LogP contribution in [0.1, 0.15) is 25.7 Å². The first-order valence-corrected chi connectivity index (χ1v) is 9.56. The van der Waals surface area contributed by atoms with Crippen LogP contribution in [0.4, 0.5) is 17.5 Å². The lowest BCUT2D eigenvalue weighted by Gasteiger charge is -2.23. The molecule has 3 aromatic heterocycles. The Morgan fingerprint density at radius 3 is 2.67 bits per heavy atom. The highest BCUT2D eigenvalue weighted by Crippen LogP contribution is 2.45. The highest BCUT2D eigenvalue weighted by atomic mass is 15.1. The Morgan fingerprint density at radius 1 is 0.889 bits per heavy atom. The zero-order chi connectivity index (χ0) is 18.1. The predicted octanol–water partition coefficient (Wildman–Crippen LogP) is 4.28. The molecular formula is C21H22N6. The number of anilines is 3. The van der Waals surface area contributed by atoms with Crippen LogP contribution in [-0.4, -0.2) is 26.0 Å². The third-order valence-corrected chi connectivity index (χ3v) is 5.70. The van der Waals surface area contributed by atoms with Crippen LogP contribution in [0.25, 0.3) is 11.3 Å². The Kier molecular flexibility index (Phi) is 4.16. The molecule has 0 saturated heterocycles. The predicted molar refractivity (Wildman–Crippen MR) is 106 cm³/mol. The van der Waals surface area contributed by atoms with Crippen molar-refractivity contribution in [1.29, 1.82) is 0 Å². The van der Waals surface area contributed by atoms with E-state index in [1.807, 2.05) is 30.5 Å². The minimum absolute atomic E-state index is 0.573. The number of aromatic nitrogens is 4. The minimum Gasteiger partial charge on any atom is -0.367 e. The van der Waals surface area contributed by atoms with Crippen molar-refractivity contribution in [3.63, 3.8) is 0 Å². The van der Waals surface area contributed by atoms with Crippen LogP contribution >= 0.6 is 0 Å². The second-order valence-corrected chi connectivity index (χ2v) is 7.48. The van der Waals surface area contributed by atoms with Gasteiger partial charge in [-0.1, -0.05) is 12.5 Å². The molecular weight excluding hydrogens is 336 g/mol. The quantitative estimate of drug-likeness (QED) is 0.709. The van der Waals surface area contributed by atoms with Gasteiger partial charge in [0, 0.05) is 30.2 Å². The van der Waals surface area contributed by atoms with Gasteiger partial charge in [0.25, 0.3) is 0 Å². The summed E-state index contributed by atoms with van der Waals surface area (Å²) in [5.74, 6) is 4.10. The molecule has 3 heterocycles. The average Bonchev–Trinajstić information content (AvgIpc) is 3.32. The Morgan fingerprint density at radius 2 is 1.85 bits per heavy atom. The molecule has 0 radical (unpaired) electrons. The number of nitrogens with one attached hydrogen (secondary N) is 2. The van der Waals surface area contributed by atoms with E-state index in [0.29, 0.717) is 11.9 Å². The van der Waals surface area contributed by atoms with Crippen LogP contribution in [0.2, 0.25) is 0 Å². The first-order valence-electron chi connectivity index (χ1n) is 9.56. The first kappa shape index (κ1) is 16.2. The highest BCUT2D eigenvalue weighted by Gasteiger charge is 2.39. The van der Waals surface area contributed by atoms with Crippen molar-refractivity contribution in [1.82, 2.24) is 19.9 Å². The van der Waals surface area contributed by atoms with E-state index in [9.17, 15) is 0 Å². The van der Waals surface area contributed by atoms with Gasteiger partial charge in [0.05, 0.1) is 11.9 Å². The fourth-order valence-corrected chi connectivity index (χ4v) is 4.44. The molecule has 2 aliphatic rings. The van der Waals surface area contributed by atoms with E-state index in [2.05, 4.69) is 31.7 Å². The van der Waals surface area contributed by atoms with Crippen molar-refractivity contribution in [3.05, 3.63) is 55.1 Å². The van der Waals surface area contributed by atoms with Gasteiger partial charge in [-0.2, -0.15) is 0 Å². The summed E-state index contributed by atoms with van der Waals surface area (Å²) in [7, 11) is 0. The highest BCUT2D eigenvalue weighted by molar-refractivity contribution is 5.65. The van der Waals surface area contributed by atoms with E-state index in [4.69, 9.17) is 4.98 Å². The maximum atomic E-state index is 4.71. The summed E-state index contributed by atoms with van der Waals surface area (Å²) in [6.45, 7) is 0. The van der Waals surface area contributed by atoms with E-state index in [0.717, 1.165) is 34.7 Å². The van der Waals surface area contributed by atoms with Crippen LogP contribution in [-0.2, 0) is 0 Å². The molecule has 6 heteroatoms. The van der Waals surface area contributed by atoms with Gasteiger partial charge in [-0.3, -0.25) is 4.98 Å². The topological polar surface area (TPSA) is 75.6 Å². The van der Waals surface area contributed by atoms with Crippen molar-refractivity contribution in [2.75, 3.05) is 10.6 Å². The van der Waals surface area contributed by atoms with Crippen LogP contribution in [0.15, 0.2) is 55.1 Å². The number of hydrogen-bond donors (Lipinski definition) is 2. The molecule has 2 bridgehead atoms. The molecule has 136 valence electrons. The molecule has 5 rings (SSSR count). The average molecular weight is 358 g/mol. The molecule has 0 aromatic carbocycles. The molecule has 0 unspecified atom stereocenters. The van der Waals surface area contributed by atoms with E-state index in [1.165, 1.54) is 25.7 Å². The van der Waals surface area contributed by atoms with Crippen LogP contribution in [0.3, 0.4) is 0 Å². The summed E-state index contributed by atoms with van der Waals surface area (Å²) >= 11 is 0. The third kappa shape index (κ3) is 3.47. The smallest absolute Gasteiger partial charge is 0.150 e. The fraction of sp³-hybridized carbons (Fsp3) is 0.333. The second-order valence-electron chi connectivity index (χ2n) is 7.48. The Bertz CT molecular complexity index is 929. The van der Waals surface area contributed by atoms with Crippen LogP contribution in [0, 0.1) is 11.8 Å². The van der Waals surface area contributed by atoms with Gasteiger partial charge >= 0.3 is 0 Å². The monoisotopic (exact) mass is 358 g/mol. The number of nitrogens with zero attached hydrogens (tertiary/aromatic N) is 4. The Balaban J connectivity index is 1.34. The molecule has 3 atom stereocenters. The lowest BCUT2D eigenvalue weighted by Crippen LogP contribution is -2.26. The zero-order valence-corrected chi connectivity index (χ0v) is 15.0. The molecule has 0 amide bonds. The fourth-order valence-electron chi connectivity index (χ4n) is 4.44. The lowest BCUT2D eigenvalue weighted by atomic mass is 9.95. The molecule has 0 spiro atoms. The normalized spacial score (nSPS) is 23.3. The number of hydrogen-bond acceptors (Lipinski definition) is 6. The van der Waals surface area contributed by atoms with Crippen LogP contribution in [0.5, 0.6) is 0 Å². The van der Waals surface area contributed by atoms with Gasteiger partial charge in [-0.05, 0) is 55.4 Å². The SMILES string of the molecule is c1cc(Nc2cnccn2)nc(-c2ccnc(N[C@H]3C[C@@H]4CC[C@H]3C4)c2)c1. The van der Waals surface area contributed by atoms with Gasteiger partial charge in [-0.25, -0.2) is 15.0 Å². The second kappa shape index (κ2) is 6.95. The first-order chi connectivity index (χ1) is 13.3. The van der Waals surface area contributed by atoms with Crippen molar-refractivity contribution >= 4 is 17.5 Å². The van der Waals surface area contributed by atoms with Gasteiger partial charge in [0.1, 0.15) is 17.5 Å². The van der Waals surface area contributed by atoms with E-state index >= 15 is 0 Å². The molecule has 27 heavy (non-hydrogen) atoms. The van der Waals surface area contributed by atoms with Crippen molar-refractivity contribution in [3.8, 4) is 11.3 Å².